The lowest BCUT2D eigenvalue weighted by atomic mass is 9.82. The minimum atomic E-state index is -0.00643. The molecule has 3 fully saturated rings. The summed E-state index contributed by atoms with van der Waals surface area (Å²) in [4.78, 5) is 0. The van der Waals surface area contributed by atoms with Gasteiger partial charge >= 0.3 is 0 Å². The Morgan fingerprint density at radius 3 is 2.76 bits per heavy atom. The summed E-state index contributed by atoms with van der Waals surface area (Å²) in [5, 5.41) is 0.859. The lowest BCUT2D eigenvalue weighted by molar-refractivity contribution is -0.102. The van der Waals surface area contributed by atoms with Crippen LogP contribution in [0.3, 0.4) is 0 Å². The van der Waals surface area contributed by atoms with Gasteiger partial charge in [-0.05, 0) is 31.6 Å². The van der Waals surface area contributed by atoms with Crippen molar-refractivity contribution in [3.63, 3.8) is 0 Å². The zero-order valence-electron chi connectivity index (χ0n) is 13.0. The Hall–Kier alpha value is 0.190. The molecule has 4 nitrogen and oxygen atoms in total. The highest BCUT2D eigenvalue weighted by Gasteiger charge is 2.42. The molecule has 3 rings (SSSR count). The first kappa shape index (κ1) is 16.1. The molecular formula is C16H30N2O2S. The summed E-state index contributed by atoms with van der Waals surface area (Å²) in [7, 11) is 0. The van der Waals surface area contributed by atoms with Crippen molar-refractivity contribution in [1.82, 2.24) is 5.43 Å². The first-order valence-corrected chi connectivity index (χ1v) is 9.66. The van der Waals surface area contributed by atoms with Crippen LogP contribution < -0.4 is 11.3 Å². The summed E-state index contributed by atoms with van der Waals surface area (Å²) < 4.78 is 11.6. The van der Waals surface area contributed by atoms with Crippen LogP contribution in [0, 0.1) is 5.92 Å². The molecule has 5 heteroatoms. The molecular weight excluding hydrogens is 284 g/mol. The first-order valence-electron chi connectivity index (χ1n) is 8.61. The number of hydrogen-bond donors (Lipinski definition) is 2. The van der Waals surface area contributed by atoms with Crippen molar-refractivity contribution < 1.29 is 9.47 Å². The lowest BCUT2D eigenvalue weighted by Crippen LogP contribution is -2.50. The third-order valence-electron chi connectivity index (χ3n) is 5.45. The predicted octanol–water partition coefficient (Wildman–Crippen LogP) is 2.47. The molecule has 2 saturated heterocycles. The zero-order chi connectivity index (χ0) is 14.5. The van der Waals surface area contributed by atoms with Gasteiger partial charge in [0.2, 0.25) is 0 Å². The third kappa shape index (κ3) is 4.14. The molecule has 2 heterocycles. The molecule has 0 bridgehead atoms. The van der Waals surface area contributed by atoms with Gasteiger partial charge in [0.05, 0.1) is 12.2 Å². The average molecular weight is 314 g/mol. The molecule has 122 valence electrons. The lowest BCUT2D eigenvalue weighted by Gasteiger charge is -2.40. The third-order valence-corrected chi connectivity index (χ3v) is 6.94. The number of hydrogen-bond acceptors (Lipinski definition) is 5. The van der Waals surface area contributed by atoms with E-state index in [1.807, 2.05) is 0 Å². The van der Waals surface area contributed by atoms with Gasteiger partial charge in [0.15, 0.2) is 0 Å². The Bertz CT molecular complexity index is 317. The normalized spacial score (nSPS) is 36.1. The molecule has 3 unspecified atom stereocenters. The highest BCUT2D eigenvalue weighted by atomic mass is 32.2. The Morgan fingerprint density at radius 2 is 2.05 bits per heavy atom. The molecule has 21 heavy (non-hydrogen) atoms. The summed E-state index contributed by atoms with van der Waals surface area (Å²) in [6, 6.07) is 0.415. The Balaban J connectivity index is 1.50. The molecule has 1 saturated carbocycles. The fourth-order valence-electron chi connectivity index (χ4n) is 4.06. The van der Waals surface area contributed by atoms with Gasteiger partial charge in [-0.3, -0.25) is 11.3 Å². The van der Waals surface area contributed by atoms with E-state index in [9.17, 15) is 0 Å². The van der Waals surface area contributed by atoms with Crippen LogP contribution in [0.2, 0.25) is 0 Å². The second-order valence-corrected chi connectivity index (χ2v) is 8.29. The van der Waals surface area contributed by atoms with Crippen molar-refractivity contribution in [2.24, 2.45) is 11.8 Å². The fraction of sp³-hybridized carbons (Fsp3) is 1.00. The number of nitrogens with two attached hydrogens (primary N) is 1. The number of hydrazine groups is 1. The van der Waals surface area contributed by atoms with Gasteiger partial charge in [-0.2, -0.15) is 11.8 Å². The van der Waals surface area contributed by atoms with Crippen LogP contribution in [0.15, 0.2) is 0 Å². The Morgan fingerprint density at radius 1 is 1.19 bits per heavy atom. The van der Waals surface area contributed by atoms with Gasteiger partial charge in [0.25, 0.3) is 0 Å². The quantitative estimate of drug-likeness (QED) is 0.603. The molecule has 0 aromatic heterocycles. The monoisotopic (exact) mass is 314 g/mol. The van der Waals surface area contributed by atoms with Gasteiger partial charge in [-0.1, -0.05) is 19.3 Å². The molecule has 2 aliphatic heterocycles. The molecule has 0 amide bonds. The van der Waals surface area contributed by atoms with Gasteiger partial charge < -0.3 is 9.47 Å². The summed E-state index contributed by atoms with van der Waals surface area (Å²) in [5.74, 6) is 7.64. The molecule has 0 radical (unpaired) electrons. The van der Waals surface area contributed by atoms with E-state index in [4.69, 9.17) is 15.3 Å². The highest BCUT2D eigenvalue weighted by molar-refractivity contribution is 7.99. The maximum Gasteiger partial charge on any atom is 0.0939 e. The van der Waals surface area contributed by atoms with E-state index in [0.29, 0.717) is 12.0 Å². The number of ether oxygens (including phenoxy) is 2. The van der Waals surface area contributed by atoms with Crippen LogP contribution in [0.25, 0.3) is 0 Å². The molecule has 3 atom stereocenters. The van der Waals surface area contributed by atoms with Crippen LogP contribution in [-0.2, 0) is 9.47 Å². The van der Waals surface area contributed by atoms with Gasteiger partial charge in [-0.15, -0.1) is 0 Å². The van der Waals surface area contributed by atoms with Gasteiger partial charge in [0, 0.05) is 36.7 Å². The van der Waals surface area contributed by atoms with Crippen LogP contribution in [0.1, 0.15) is 51.4 Å². The molecule has 1 aliphatic carbocycles. The van der Waals surface area contributed by atoms with Crippen molar-refractivity contribution in [3.8, 4) is 0 Å². The first-order chi connectivity index (χ1) is 10.3. The SMILES string of the molecule is NNC(CSC1CCCCC1)C1CCOC2(CCOC2)C1. The molecule has 3 aliphatic rings. The fourth-order valence-corrected chi connectivity index (χ4v) is 5.58. The zero-order valence-corrected chi connectivity index (χ0v) is 13.8. The van der Waals surface area contributed by atoms with E-state index in [1.165, 1.54) is 32.1 Å². The van der Waals surface area contributed by atoms with Crippen LogP contribution in [0.4, 0.5) is 0 Å². The molecule has 0 aromatic rings. The van der Waals surface area contributed by atoms with Gasteiger partial charge in [0.1, 0.15) is 0 Å². The summed E-state index contributed by atoms with van der Waals surface area (Å²) in [6.45, 7) is 2.49. The van der Waals surface area contributed by atoms with E-state index in [0.717, 1.165) is 50.1 Å². The van der Waals surface area contributed by atoms with Crippen molar-refractivity contribution in [2.45, 2.75) is 68.3 Å². The Labute approximate surface area is 132 Å². The van der Waals surface area contributed by atoms with Crippen LogP contribution in [-0.4, -0.2) is 42.5 Å². The van der Waals surface area contributed by atoms with Crippen molar-refractivity contribution >= 4 is 11.8 Å². The molecule has 3 N–H and O–H groups in total. The van der Waals surface area contributed by atoms with E-state index >= 15 is 0 Å². The van der Waals surface area contributed by atoms with Crippen LogP contribution in [0.5, 0.6) is 0 Å². The minimum absolute atomic E-state index is 0.00643. The second-order valence-electron chi connectivity index (χ2n) is 6.95. The smallest absolute Gasteiger partial charge is 0.0939 e. The number of thioether (sulfide) groups is 1. The second kappa shape index (κ2) is 7.64. The van der Waals surface area contributed by atoms with E-state index in [2.05, 4.69) is 17.2 Å². The number of rotatable bonds is 5. The van der Waals surface area contributed by atoms with Crippen molar-refractivity contribution in [2.75, 3.05) is 25.6 Å². The maximum absolute atomic E-state index is 6.05. The minimum Gasteiger partial charge on any atom is -0.378 e. The van der Waals surface area contributed by atoms with E-state index in [-0.39, 0.29) is 5.60 Å². The van der Waals surface area contributed by atoms with Crippen molar-refractivity contribution in [1.29, 1.82) is 0 Å². The average Bonchev–Trinajstić information content (AvgIpc) is 2.97. The number of nitrogens with one attached hydrogen (secondary N) is 1. The van der Waals surface area contributed by atoms with E-state index in [1.54, 1.807) is 0 Å². The molecule has 0 aromatic carbocycles. The predicted molar refractivity (Wildman–Crippen MR) is 87.3 cm³/mol. The Kier molecular flexibility index (Phi) is 5.85. The summed E-state index contributed by atoms with van der Waals surface area (Å²) in [5.41, 5.74) is 3.09. The van der Waals surface area contributed by atoms with Crippen molar-refractivity contribution in [3.05, 3.63) is 0 Å². The summed E-state index contributed by atoms with van der Waals surface area (Å²) >= 11 is 2.14. The van der Waals surface area contributed by atoms with Crippen LogP contribution >= 0.6 is 11.8 Å². The summed E-state index contributed by atoms with van der Waals surface area (Å²) in [6.07, 6.45) is 10.3. The highest BCUT2D eigenvalue weighted by Crippen LogP contribution is 2.38. The topological polar surface area (TPSA) is 56.5 Å². The standard InChI is InChI=1S/C16H30N2O2S/c17-18-15(11-21-14-4-2-1-3-5-14)13-6-8-20-16(10-13)7-9-19-12-16/h13-15,18H,1-12,17H2. The van der Waals surface area contributed by atoms with Gasteiger partial charge in [-0.25, -0.2) is 0 Å². The largest absolute Gasteiger partial charge is 0.378 e. The maximum atomic E-state index is 6.05. The van der Waals surface area contributed by atoms with E-state index < -0.39 is 0 Å². The molecule has 1 spiro atoms.